The van der Waals surface area contributed by atoms with Gasteiger partial charge >= 0.3 is 37.7 Å². The van der Waals surface area contributed by atoms with Crippen LogP contribution in [-0.2, 0) is 4.99 Å². The molecule has 0 fully saturated rings. The van der Waals surface area contributed by atoms with Crippen LogP contribution in [0.1, 0.15) is 2.85 Å². The molecule has 52 valence electrons. The van der Waals surface area contributed by atoms with E-state index < -0.39 is 5.09 Å². The first-order valence-corrected chi connectivity index (χ1v) is 1.11. The first kappa shape index (κ1) is 15.9. The summed E-state index contributed by atoms with van der Waals surface area (Å²) in [4.78, 5) is 19.4. The maximum atomic E-state index is 8.45. The summed E-state index contributed by atoms with van der Waals surface area (Å²) in [7, 11) is 0. The largest absolute Gasteiger partial charge is 2.00 e. The van der Waals surface area contributed by atoms with Gasteiger partial charge < -0.3 is 8.06 Å². The van der Waals surface area contributed by atoms with Crippen molar-refractivity contribution in [2.45, 2.75) is 0 Å². The summed E-state index contributed by atoms with van der Waals surface area (Å²) in [5.74, 6) is 0. The molecule has 8 nitrogen and oxygen atoms in total. The Morgan fingerprint density at radius 2 is 1.89 bits per heavy atom. The van der Waals surface area contributed by atoms with Crippen LogP contribution < -0.4 is 0 Å². The van der Waals surface area contributed by atoms with Crippen LogP contribution in [0.25, 0.3) is 0 Å². The Hall–Kier alpha value is -0.180. The molecule has 9 heteroatoms. The molecule has 0 aromatic carbocycles. The van der Waals surface area contributed by atoms with E-state index in [1.165, 1.54) is 0 Å². The maximum absolute atomic E-state index is 8.45. The van der Waals surface area contributed by atoms with Crippen molar-refractivity contribution in [2.24, 2.45) is 5.34 Å². The Kier molecular flexibility index (Phi) is 27.7. The fraction of sp³-hybridized carbons (Fsp3) is 0. The van der Waals surface area contributed by atoms with Crippen LogP contribution >= 0.6 is 0 Å². The molecule has 0 aliphatic rings. The molecule has 0 heterocycles. The molecular formula is H4CaN2O6. The van der Waals surface area contributed by atoms with Crippen LogP contribution in [0.2, 0.25) is 0 Å². The van der Waals surface area contributed by atoms with E-state index in [4.69, 9.17) is 25.5 Å². The molecule has 0 bridgehead atoms. The van der Waals surface area contributed by atoms with Crippen molar-refractivity contribution < 1.29 is 23.4 Å². The average molecular weight is 168 g/mol. The molecule has 0 atom stereocenters. The van der Waals surface area contributed by atoms with Gasteiger partial charge in [-0.1, -0.05) is 0 Å². The Balaban J connectivity index is -0.0000000171. The van der Waals surface area contributed by atoms with Crippen LogP contribution in [0.15, 0.2) is 5.34 Å². The van der Waals surface area contributed by atoms with E-state index in [-0.39, 0.29) is 40.6 Å². The molecule has 0 aliphatic heterocycles. The molecule has 0 saturated carbocycles. The van der Waals surface area contributed by atoms with Crippen molar-refractivity contribution in [3.8, 4) is 0 Å². The molecule has 0 spiro atoms. The van der Waals surface area contributed by atoms with Gasteiger partial charge in [-0.05, 0) is 0 Å². The normalized spacial score (nSPS) is 5.00. The second-order valence-electron chi connectivity index (χ2n) is 0.394. The zero-order valence-corrected chi connectivity index (χ0v) is 6.34. The molecule has 0 aromatic rings. The molecule has 0 rings (SSSR count). The van der Waals surface area contributed by atoms with Crippen LogP contribution in [0, 0.1) is 15.0 Å². The standard InChI is InChI=1S/Ca.2HNO3.2H/c;2-1-4-3;2-1(3)4;;/h;3H;(H,2,3,4);;/q+2;;;2*-1. The van der Waals surface area contributed by atoms with Gasteiger partial charge in [-0.2, -0.15) is 10.2 Å². The minimum absolute atomic E-state index is 0. The van der Waals surface area contributed by atoms with Crippen molar-refractivity contribution in [1.82, 2.24) is 0 Å². The van der Waals surface area contributed by atoms with Crippen molar-refractivity contribution >= 4 is 37.7 Å². The number of hydrogen-bond acceptors (Lipinski definition) is 6. The first-order valence-electron chi connectivity index (χ1n) is 1.11. The molecule has 0 unspecified atom stereocenters. The molecule has 2 N–H and O–H groups in total. The molecule has 0 saturated heterocycles. The van der Waals surface area contributed by atoms with E-state index in [2.05, 4.69) is 4.99 Å². The smallest absolute Gasteiger partial charge is 1.00 e. The number of nitrogens with zero attached hydrogens (tertiary/aromatic N) is 2. The van der Waals surface area contributed by atoms with Crippen molar-refractivity contribution in [3.05, 3.63) is 15.0 Å². The molecule has 0 aliphatic carbocycles. The minimum Gasteiger partial charge on any atom is -1.00 e. The van der Waals surface area contributed by atoms with E-state index in [1.54, 1.807) is 5.34 Å². The quantitative estimate of drug-likeness (QED) is 0.181. The third-order valence-electron chi connectivity index (χ3n) is 0.0333. The summed E-state index contributed by atoms with van der Waals surface area (Å²) in [6.45, 7) is 0. The maximum Gasteiger partial charge on any atom is 2.00 e. The zero-order valence-electron chi connectivity index (χ0n) is 6.13. The van der Waals surface area contributed by atoms with Gasteiger partial charge in [-0.25, -0.2) is 0 Å². The minimum atomic E-state index is -1.50. The fourth-order valence-corrected chi connectivity index (χ4v) is 0. The van der Waals surface area contributed by atoms with Crippen LogP contribution in [0.3, 0.4) is 0 Å². The number of rotatable bonds is 1. The topological polar surface area (TPSA) is 122 Å². The Morgan fingerprint density at radius 1 is 1.78 bits per heavy atom. The summed E-state index contributed by atoms with van der Waals surface area (Å²) < 4.78 is 0. The summed E-state index contributed by atoms with van der Waals surface area (Å²) in [6, 6.07) is 0. The Bertz CT molecular complexity index is 75.0. The predicted molar refractivity (Wildman–Crippen MR) is 26.3 cm³/mol. The fourth-order valence-electron chi connectivity index (χ4n) is 0. The summed E-state index contributed by atoms with van der Waals surface area (Å²) in [5.41, 5.74) is 0. The SMILES string of the molecule is O=NOO.O=[N+]([O-])O.[Ca+2].[H-].[H-]. The van der Waals surface area contributed by atoms with Crippen LogP contribution in [0.5, 0.6) is 0 Å². The van der Waals surface area contributed by atoms with E-state index in [0.717, 1.165) is 0 Å². The van der Waals surface area contributed by atoms with Gasteiger partial charge in [0, 0.05) is 0 Å². The van der Waals surface area contributed by atoms with Gasteiger partial charge in [0.15, 0.2) is 5.34 Å². The van der Waals surface area contributed by atoms with Crippen molar-refractivity contribution in [2.75, 3.05) is 0 Å². The van der Waals surface area contributed by atoms with Gasteiger partial charge in [0.1, 0.15) is 0 Å². The summed E-state index contributed by atoms with van der Waals surface area (Å²) in [5, 5.41) is 22.1. The number of hydrogen-bond donors (Lipinski definition) is 2. The molecular weight excluding hydrogens is 164 g/mol. The summed E-state index contributed by atoms with van der Waals surface area (Å²) in [6.07, 6.45) is 0. The van der Waals surface area contributed by atoms with Crippen LogP contribution in [0.4, 0.5) is 0 Å². The van der Waals surface area contributed by atoms with Gasteiger partial charge in [-0.3, -0.25) is 0 Å². The molecule has 0 radical (unpaired) electrons. The van der Waals surface area contributed by atoms with Crippen LogP contribution in [-0.4, -0.2) is 53.3 Å². The third kappa shape index (κ3) is 394. The molecule has 0 aromatic heterocycles. The van der Waals surface area contributed by atoms with Crippen molar-refractivity contribution in [1.29, 1.82) is 0 Å². The Labute approximate surface area is 81.4 Å². The zero-order chi connectivity index (χ0) is 6.99. The third-order valence-corrected chi connectivity index (χ3v) is 0.0333. The van der Waals surface area contributed by atoms with E-state index in [1.807, 2.05) is 0 Å². The molecule has 0 amide bonds. The van der Waals surface area contributed by atoms with Gasteiger partial charge in [0.05, 0.1) is 0 Å². The van der Waals surface area contributed by atoms with Gasteiger partial charge in [0.25, 0.3) is 5.09 Å². The second-order valence-corrected chi connectivity index (χ2v) is 0.394. The van der Waals surface area contributed by atoms with E-state index >= 15 is 0 Å². The monoisotopic (exact) mass is 168 g/mol. The average Bonchev–Trinajstić information content (AvgIpc) is 1.65. The van der Waals surface area contributed by atoms with Crippen molar-refractivity contribution in [3.63, 3.8) is 0 Å². The van der Waals surface area contributed by atoms with Gasteiger partial charge in [-0.15, -0.1) is 15.0 Å². The summed E-state index contributed by atoms with van der Waals surface area (Å²) >= 11 is 0. The van der Waals surface area contributed by atoms with E-state index in [9.17, 15) is 0 Å². The second kappa shape index (κ2) is 15.7. The Morgan fingerprint density at radius 3 is 1.89 bits per heavy atom. The van der Waals surface area contributed by atoms with E-state index in [0.29, 0.717) is 0 Å². The predicted octanol–water partition coefficient (Wildman–Crippen LogP) is -0.346. The molecule has 9 heavy (non-hydrogen) atoms. The van der Waals surface area contributed by atoms with Gasteiger partial charge in [0.2, 0.25) is 0 Å². The first-order chi connectivity index (χ1) is 3.65.